The average Bonchev–Trinajstić information content (AvgIpc) is 2.91. The van der Waals surface area contributed by atoms with Crippen LogP contribution in [-0.4, -0.2) is 39.5 Å². The number of nitrogens with one attached hydrogen (secondary N) is 1. The molecular weight excluding hydrogens is 486 g/mol. The number of benzene rings is 3. The van der Waals surface area contributed by atoms with Gasteiger partial charge in [0.15, 0.2) is 0 Å². The van der Waals surface area contributed by atoms with Crippen molar-refractivity contribution in [1.82, 2.24) is 10.2 Å². The molecule has 0 radical (unpaired) electrons. The number of nitro benzene ring substituents is 1. The molecule has 0 aliphatic rings. The van der Waals surface area contributed by atoms with E-state index in [0.29, 0.717) is 18.7 Å². The lowest BCUT2D eigenvalue weighted by Crippen LogP contribution is -2.52. The minimum atomic E-state index is -0.663. The summed E-state index contributed by atoms with van der Waals surface area (Å²) < 4.78 is 0. The molecule has 37 heavy (non-hydrogen) atoms. The molecule has 3 aromatic carbocycles. The van der Waals surface area contributed by atoms with Crippen LogP contribution in [0.3, 0.4) is 0 Å². The number of amides is 2. The fraction of sp³-hybridized carbons (Fsp3) is 0.310. The maximum absolute atomic E-state index is 13.6. The largest absolute Gasteiger partial charge is 0.352 e. The quantitative estimate of drug-likeness (QED) is 0.242. The van der Waals surface area contributed by atoms with Crippen LogP contribution in [0.5, 0.6) is 0 Å². The molecule has 0 saturated carbocycles. The molecule has 8 heteroatoms. The Morgan fingerprint density at radius 3 is 2.08 bits per heavy atom. The van der Waals surface area contributed by atoms with E-state index in [9.17, 15) is 19.7 Å². The van der Waals surface area contributed by atoms with Gasteiger partial charge in [0.2, 0.25) is 11.8 Å². The molecule has 0 heterocycles. The lowest BCUT2D eigenvalue weighted by atomic mass is 10.0. The zero-order valence-electron chi connectivity index (χ0n) is 21.2. The summed E-state index contributed by atoms with van der Waals surface area (Å²) in [4.78, 5) is 39.2. The van der Waals surface area contributed by atoms with Gasteiger partial charge < -0.3 is 10.2 Å². The van der Waals surface area contributed by atoms with Crippen molar-refractivity contribution in [3.63, 3.8) is 0 Å². The highest BCUT2D eigenvalue weighted by Gasteiger charge is 2.30. The summed E-state index contributed by atoms with van der Waals surface area (Å²) in [5.41, 5.74) is 2.87. The SMILES string of the molecule is CC[C@H](C)NC(=O)[C@H](Cc1ccccc1)N(Cc1ccccc1)C(=O)CSCc1ccc([N+](=O)[O-])cc1. The second-order valence-corrected chi connectivity index (χ2v) is 9.93. The molecule has 0 bridgehead atoms. The van der Waals surface area contributed by atoms with Gasteiger partial charge in [0.1, 0.15) is 6.04 Å². The minimum Gasteiger partial charge on any atom is -0.352 e. The van der Waals surface area contributed by atoms with E-state index in [1.54, 1.807) is 17.0 Å². The average molecular weight is 520 g/mol. The van der Waals surface area contributed by atoms with Gasteiger partial charge in [-0.25, -0.2) is 0 Å². The second-order valence-electron chi connectivity index (χ2n) is 8.95. The summed E-state index contributed by atoms with van der Waals surface area (Å²) in [7, 11) is 0. The molecule has 0 aromatic heterocycles. The van der Waals surface area contributed by atoms with Crippen LogP contribution in [0, 0.1) is 10.1 Å². The van der Waals surface area contributed by atoms with Crippen molar-refractivity contribution in [3.05, 3.63) is 112 Å². The Morgan fingerprint density at radius 2 is 1.51 bits per heavy atom. The number of rotatable bonds is 13. The van der Waals surface area contributed by atoms with Gasteiger partial charge in [0.05, 0.1) is 10.7 Å². The summed E-state index contributed by atoms with van der Waals surface area (Å²) in [5, 5.41) is 14.0. The molecule has 0 unspecified atom stereocenters. The van der Waals surface area contributed by atoms with Crippen LogP contribution in [0.25, 0.3) is 0 Å². The number of thioether (sulfide) groups is 1. The lowest BCUT2D eigenvalue weighted by molar-refractivity contribution is -0.384. The van der Waals surface area contributed by atoms with Gasteiger partial charge in [0, 0.05) is 36.9 Å². The van der Waals surface area contributed by atoms with Crippen molar-refractivity contribution in [3.8, 4) is 0 Å². The minimum absolute atomic E-state index is 0.00374. The molecule has 7 nitrogen and oxygen atoms in total. The van der Waals surface area contributed by atoms with Crippen LogP contribution >= 0.6 is 11.8 Å². The predicted octanol–water partition coefficient (Wildman–Crippen LogP) is 5.38. The third-order valence-corrected chi connectivity index (χ3v) is 7.10. The highest BCUT2D eigenvalue weighted by molar-refractivity contribution is 7.99. The normalized spacial score (nSPS) is 12.4. The number of carbonyl (C=O) groups excluding carboxylic acids is 2. The van der Waals surface area contributed by atoms with Gasteiger partial charge >= 0.3 is 0 Å². The van der Waals surface area contributed by atoms with Crippen molar-refractivity contribution in [2.75, 3.05) is 5.75 Å². The zero-order valence-corrected chi connectivity index (χ0v) is 22.0. The van der Waals surface area contributed by atoms with Crippen molar-refractivity contribution in [2.45, 2.75) is 51.1 Å². The van der Waals surface area contributed by atoms with Gasteiger partial charge in [-0.15, -0.1) is 11.8 Å². The molecule has 0 saturated heterocycles. The van der Waals surface area contributed by atoms with E-state index in [0.717, 1.165) is 23.1 Å². The third-order valence-electron chi connectivity index (χ3n) is 6.11. The van der Waals surface area contributed by atoms with Gasteiger partial charge in [-0.1, -0.05) is 79.7 Å². The third kappa shape index (κ3) is 8.75. The Balaban J connectivity index is 1.80. The summed E-state index contributed by atoms with van der Waals surface area (Å²) in [6.45, 7) is 4.29. The summed E-state index contributed by atoms with van der Waals surface area (Å²) in [6.07, 6.45) is 1.20. The second kappa shape index (κ2) is 14.2. The Morgan fingerprint density at radius 1 is 0.919 bits per heavy atom. The molecule has 0 fully saturated rings. The fourth-order valence-electron chi connectivity index (χ4n) is 3.83. The van der Waals surface area contributed by atoms with E-state index < -0.39 is 11.0 Å². The van der Waals surface area contributed by atoms with Crippen molar-refractivity contribution in [1.29, 1.82) is 0 Å². The van der Waals surface area contributed by atoms with Crippen LogP contribution in [0.1, 0.15) is 37.0 Å². The summed E-state index contributed by atoms with van der Waals surface area (Å²) in [5.74, 6) is 0.427. The number of carbonyl (C=O) groups is 2. The van der Waals surface area contributed by atoms with Gasteiger partial charge in [0.25, 0.3) is 5.69 Å². The molecular formula is C29H33N3O4S. The molecule has 3 aromatic rings. The first-order chi connectivity index (χ1) is 17.9. The van der Waals surface area contributed by atoms with Crippen LogP contribution in [0.15, 0.2) is 84.9 Å². The Kier molecular flexibility index (Phi) is 10.7. The Hall–Kier alpha value is -3.65. The number of non-ortho nitro benzene ring substituents is 1. The summed E-state index contributed by atoms with van der Waals surface area (Å²) >= 11 is 1.43. The smallest absolute Gasteiger partial charge is 0.269 e. The number of nitrogens with zero attached hydrogens (tertiary/aromatic N) is 2. The molecule has 0 aliphatic heterocycles. The maximum Gasteiger partial charge on any atom is 0.269 e. The van der Waals surface area contributed by atoms with Crippen molar-refractivity contribution < 1.29 is 14.5 Å². The highest BCUT2D eigenvalue weighted by atomic mass is 32.2. The fourth-order valence-corrected chi connectivity index (χ4v) is 4.70. The van der Waals surface area contributed by atoms with E-state index in [-0.39, 0.29) is 29.3 Å². The number of hydrogen-bond acceptors (Lipinski definition) is 5. The molecule has 194 valence electrons. The molecule has 2 atom stereocenters. The number of hydrogen-bond donors (Lipinski definition) is 1. The zero-order chi connectivity index (χ0) is 26.6. The molecule has 3 rings (SSSR count). The number of nitro groups is 1. The van der Waals surface area contributed by atoms with Crippen LogP contribution in [-0.2, 0) is 28.3 Å². The Bertz CT molecular complexity index is 1160. The van der Waals surface area contributed by atoms with Crippen LogP contribution in [0.4, 0.5) is 5.69 Å². The Labute approximate surface area is 222 Å². The van der Waals surface area contributed by atoms with Crippen LogP contribution in [0.2, 0.25) is 0 Å². The van der Waals surface area contributed by atoms with Gasteiger partial charge in [-0.05, 0) is 30.0 Å². The standard InChI is InChI=1S/C29H33N3O4S/c1-3-22(2)30-29(34)27(18-23-10-6-4-7-11-23)31(19-24-12-8-5-9-13-24)28(33)21-37-20-25-14-16-26(17-15-25)32(35)36/h4-17,22,27H,3,18-21H2,1-2H3,(H,30,34)/t22-,27-/m0/s1. The van der Waals surface area contributed by atoms with Crippen LogP contribution < -0.4 is 5.32 Å². The van der Waals surface area contributed by atoms with Gasteiger partial charge in [-0.2, -0.15) is 0 Å². The first-order valence-corrected chi connectivity index (χ1v) is 13.5. The molecule has 0 aliphatic carbocycles. The first-order valence-electron chi connectivity index (χ1n) is 12.4. The molecule has 0 spiro atoms. The predicted molar refractivity (Wildman–Crippen MR) is 148 cm³/mol. The van der Waals surface area contributed by atoms with E-state index >= 15 is 0 Å². The molecule has 1 N–H and O–H groups in total. The molecule has 2 amide bonds. The van der Waals surface area contributed by atoms with Crippen molar-refractivity contribution >= 4 is 29.3 Å². The lowest BCUT2D eigenvalue weighted by Gasteiger charge is -2.32. The van der Waals surface area contributed by atoms with E-state index in [1.165, 1.54) is 23.9 Å². The topological polar surface area (TPSA) is 92.6 Å². The monoisotopic (exact) mass is 519 g/mol. The first kappa shape index (κ1) is 27.9. The highest BCUT2D eigenvalue weighted by Crippen LogP contribution is 2.20. The van der Waals surface area contributed by atoms with E-state index in [1.807, 2.05) is 74.5 Å². The van der Waals surface area contributed by atoms with Gasteiger partial charge in [-0.3, -0.25) is 19.7 Å². The maximum atomic E-state index is 13.6. The summed E-state index contributed by atoms with van der Waals surface area (Å²) in [6, 6.07) is 25.1. The van der Waals surface area contributed by atoms with Crippen molar-refractivity contribution in [2.24, 2.45) is 0 Å². The van der Waals surface area contributed by atoms with E-state index in [4.69, 9.17) is 0 Å². The van der Waals surface area contributed by atoms with E-state index in [2.05, 4.69) is 5.32 Å².